The van der Waals surface area contributed by atoms with Crippen LogP contribution >= 0.6 is 0 Å². The molecule has 1 aliphatic rings. The Labute approximate surface area is 166 Å². The van der Waals surface area contributed by atoms with E-state index in [2.05, 4.69) is 10.3 Å². The normalized spacial score (nSPS) is 14.4. The van der Waals surface area contributed by atoms with E-state index in [1.54, 1.807) is 31.5 Å². The average molecular weight is 384 g/mol. The molecular weight excluding hydrogens is 356 g/mol. The third kappa shape index (κ3) is 5.15. The molecule has 0 saturated heterocycles. The summed E-state index contributed by atoms with van der Waals surface area (Å²) in [5.74, 6) is 2.45. The fourth-order valence-corrected chi connectivity index (χ4v) is 3.43. The number of benzene rings is 1. The summed E-state index contributed by atoms with van der Waals surface area (Å²) in [5, 5.41) is 2.85. The Balaban J connectivity index is 1.69. The number of carbonyl (C=O) groups excluding carboxylic acids is 1. The van der Waals surface area contributed by atoms with Crippen molar-refractivity contribution in [1.29, 1.82) is 0 Å². The number of nitrogens with zero attached hydrogens (tertiary/aromatic N) is 1. The second-order valence-corrected chi connectivity index (χ2v) is 6.92. The van der Waals surface area contributed by atoms with Gasteiger partial charge in [-0.3, -0.25) is 4.79 Å². The third-order valence-corrected chi connectivity index (χ3v) is 4.93. The number of anilines is 1. The van der Waals surface area contributed by atoms with E-state index in [0.29, 0.717) is 47.8 Å². The number of hydrogen-bond acceptors (Lipinski definition) is 5. The molecule has 0 spiro atoms. The highest BCUT2D eigenvalue weighted by atomic mass is 16.5. The first kappa shape index (κ1) is 20.0. The second-order valence-electron chi connectivity index (χ2n) is 6.92. The van der Waals surface area contributed by atoms with E-state index < -0.39 is 0 Å². The smallest absolute Gasteiger partial charge is 0.257 e. The fourth-order valence-electron chi connectivity index (χ4n) is 3.43. The van der Waals surface area contributed by atoms with E-state index in [1.807, 2.05) is 19.1 Å². The van der Waals surface area contributed by atoms with Crippen molar-refractivity contribution in [2.24, 2.45) is 5.92 Å². The minimum absolute atomic E-state index is 0.273. The molecule has 0 radical (unpaired) electrons. The van der Waals surface area contributed by atoms with E-state index in [4.69, 9.17) is 14.2 Å². The van der Waals surface area contributed by atoms with Crippen LogP contribution in [0, 0.1) is 5.92 Å². The Hall–Kier alpha value is -2.76. The highest BCUT2D eigenvalue weighted by Gasteiger charge is 2.17. The number of rotatable bonds is 8. The van der Waals surface area contributed by atoms with Gasteiger partial charge in [0.25, 0.3) is 5.91 Å². The van der Waals surface area contributed by atoms with Gasteiger partial charge >= 0.3 is 0 Å². The van der Waals surface area contributed by atoms with Crippen molar-refractivity contribution in [2.45, 2.75) is 39.0 Å². The second kappa shape index (κ2) is 9.97. The van der Waals surface area contributed by atoms with Crippen molar-refractivity contribution in [2.75, 3.05) is 25.6 Å². The number of hydrogen-bond donors (Lipinski definition) is 1. The van der Waals surface area contributed by atoms with Crippen LogP contribution in [-0.4, -0.2) is 31.2 Å². The summed E-state index contributed by atoms with van der Waals surface area (Å²) in [5.41, 5.74) is 0.466. The van der Waals surface area contributed by atoms with Gasteiger partial charge in [-0.15, -0.1) is 0 Å². The third-order valence-electron chi connectivity index (χ3n) is 4.93. The van der Waals surface area contributed by atoms with Gasteiger partial charge in [0.15, 0.2) is 23.1 Å². The molecule has 1 amide bonds. The number of methoxy groups -OCH3 is 1. The zero-order valence-corrected chi connectivity index (χ0v) is 16.6. The Bertz CT molecular complexity index is 788. The lowest BCUT2D eigenvalue weighted by Crippen LogP contribution is -2.18. The lowest BCUT2D eigenvalue weighted by Gasteiger charge is -2.22. The van der Waals surface area contributed by atoms with Crippen LogP contribution in [0.4, 0.5) is 5.82 Å². The first-order valence-corrected chi connectivity index (χ1v) is 9.91. The summed E-state index contributed by atoms with van der Waals surface area (Å²) in [4.78, 5) is 17.0. The van der Waals surface area contributed by atoms with Crippen molar-refractivity contribution < 1.29 is 19.0 Å². The molecule has 1 fully saturated rings. The summed E-state index contributed by atoms with van der Waals surface area (Å²) in [6, 6.07) is 8.74. The maximum absolute atomic E-state index is 12.7. The number of carbonyl (C=O) groups is 1. The van der Waals surface area contributed by atoms with Gasteiger partial charge < -0.3 is 19.5 Å². The van der Waals surface area contributed by atoms with Gasteiger partial charge in [-0.2, -0.15) is 0 Å². The number of pyridine rings is 1. The summed E-state index contributed by atoms with van der Waals surface area (Å²) in [6.45, 7) is 3.03. The van der Waals surface area contributed by atoms with Crippen LogP contribution in [0.3, 0.4) is 0 Å². The molecule has 1 aromatic heterocycles. The van der Waals surface area contributed by atoms with E-state index in [1.165, 1.54) is 32.1 Å². The van der Waals surface area contributed by atoms with Crippen LogP contribution in [0.5, 0.6) is 17.2 Å². The molecule has 6 nitrogen and oxygen atoms in total. The van der Waals surface area contributed by atoms with Crippen LogP contribution in [-0.2, 0) is 0 Å². The molecule has 1 saturated carbocycles. The highest BCUT2D eigenvalue weighted by Crippen LogP contribution is 2.30. The molecule has 1 heterocycles. The number of ether oxygens (including phenoxy) is 3. The number of aromatic nitrogens is 1. The van der Waals surface area contributed by atoms with Crippen molar-refractivity contribution in [3.05, 3.63) is 42.1 Å². The van der Waals surface area contributed by atoms with Gasteiger partial charge in [-0.05, 0) is 56.0 Å². The largest absolute Gasteiger partial charge is 0.493 e. The van der Waals surface area contributed by atoms with E-state index in [0.717, 1.165) is 0 Å². The van der Waals surface area contributed by atoms with Gasteiger partial charge in [0.05, 0.1) is 20.3 Å². The lowest BCUT2D eigenvalue weighted by molar-refractivity contribution is 0.102. The van der Waals surface area contributed by atoms with Gasteiger partial charge in [-0.1, -0.05) is 19.3 Å². The maximum atomic E-state index is 12.7. The average Bonchev–Trinajstić information content (AvgIpc) is 2.74. The van der Waals surface area contributed by atoms with E-state index >= 15 is 0 Å². The number of nitrogens with one attached hydrogen (secondary N) is 1. The SMILES string of the molecule is CCOc1cc(C(=O)Nc2ncccc2OCC2CCCCC2)ccc1OC. The molecule has 1 aromatic carbocycles. The molecule has 150 valence electrons. The molecule has 0 unspecified atom stereocenters. The monoisotopic (exact) mass is 384 g/mol. The molecular formula is C22H28N2O4. The minimum atomic E-state index is -0.273. The van der Waals surface area contributed by atoms with Crippen molar-refractivity contribution in [3.8, 4) is 17.2 Å². The zero-order chi connectivity index (χ0) is 19.8. The van der Waals surface area contributed by atoms with Gasteiger partial charge in [0.1, 0.15) is 0 Å². The van der Waals surface area contributed by atoms with Crippen molar-refractivity contribution in [3.63, 3.8) is 0 Å². The standard InChI is InChI=1S/C22H28N2O4/c1-3-27-20-14-17(11-12-18(20)26-2)22(25)24-21-19(10-7-13-23-21)28-15-16-8-5-4-6-9-16/h7,10-14,16H,3-6,8-9,15H2,1-2H3,(H,23,24,25). The zero-order valence-electron chi connectivity index (χ0n) is 16.6. The molecule has 3 rings (SSSR count). The Morgan fingerprint density at radius 3 is 2.68 bits per heavy atom. The molecule has 1 aliphatic carbocycles. The summed E-state index contributed by atoms with van der Waals surface area (Å²) in [6.07, 6.45) is 7.90. The van der Waals surface area contributed by atoms with Crippen LogP contribution in [0.15, 0.2) is 36.5 Å². The van der Waals surface area contributed by atoms with Crippen LogP contribution in [0.2, 0.25) is 0 Å². The van der Waals surface area contributed by atoms with E-state index in [-0.39, 0.29) is 5.91 Å². The van der Waals surface area contributed by atoms with E-state index in [9.17, 15) is 4.79 Å². The predicted octanol–water partition coefficient (Wildman–Crippen LogP) is 4.70. The fraction of sp³-hybridized carbons (Fsp3) is 0.455. The van der Waals surface area contributed by atoms with Gasteiger partial charge in [0.2, 0.25) is 0 Å². The molecule has 0 aliphatic heterocycles. The Kier molecular flexibility index (Phi) is 7.12. The molecule has 1 N–H and O–H groups in total. The molecule has 28 heavy (non-hydrogen) atoms. The van der Waals surface area contributed by atoms with Crippen molar-refractivity contribution in [1.82, 2.24) is 4.98 Å². The van der Waals surface area contributed by atoms with Gasteiger partial charge in [-0.25, -0.2) is 4.98 Å². The topological polar surface area (TPSA) is 69.7 Å². The van der Waals surface area contributed by atoms with Gasteiger partial charge in [0, 0.05) is 11.8 Å². The molecule has 2 aromatic rings. The quantitative estimate of drug-likeness (QED) is 0.714. The van der Waals surface area contributed by atoms with Crippen LogP contribution in [0.1, 0.15) is 49.4 Å². The Morgan fingerprint density at radius 2 is 1.93 bits per heavy atom. The first-order valence-electron chi connectivity index (χ1n) is 9.91. The summed E-state index contributed by atoms with van der Waals surface area (Å²) in [7, 11) is 1.57. The molecule has 0 bridgehead atoms. The molecule has 0 atom stereocenters. The maximum Gasteiger partial charge on any atom is 0.257 e. The Morgan fingerprint density at radius 1 is 1.11 bits per heavy atom. The van der Waals surface area contributed by atoms with Crippen LogP contribution in [0.25, 0.3) is 0 Å². The lowest BCUT2D eigenvalue weighted by atomic mass is 9.90. The number of amides is 1. The predicted molar refractivity (Wildman–Crippen MR) is 108 cm³/mol. The van der Waals surface area contributed by atoms with Crippen LogP contribution < -0.4 is 19.5 Å². The van der Waals surface area contributed by atoms with Crippen molar-refractivity contribution >= 4 is 11.7 Å². The minimum Gasteiger partial charge on any atom is -0.493 e. The molecule has 6 heteroatoms. The summed E-state index contributed by atoms with van der Waals surface area (Å²) >= 11 is 0. The first-order chi connectivity index (χ1) is 13.7. The summed E-state index contributed by atoms with van der Waals surface area (Å²) < 4.78 is 16.8. The highest BCUT2D eigenvalue weighted by molar-refractivity contribution is 6.04.